The van der Waals surface area contributed by atoms with Gasteiger partial charge < -0.3 is 0 Å². The summed E-state index contributed by atoms with van der Waals surface area (Å²) in [5.41, 5.74) is 6.98. The van der Waals surface area contributed by atoms with Gasteiger partial charge in [0.15, 0.2) is 0 Å². The first-order chi connectivity index (χ1) is 10.1. The van der Waals surface area contributed by atoms with Crippen LogP contribution in [-0.2, 0) is 19.4 Å². The number of fused-ring (bicyclic) bond motifs is 1. The molecule has 0 atom stereocenters. The average molecular weight is 282 g/mol. The van der Waals surface area contributed by atoms with Crippen molar-refractivity contribution in [2.75, 3.05) is 5.43 Å². The highest BCUT2D eigenvalue weighted by molar-refractivity contribution is 5.92. The molecule has 1 aromatic carbocycles. The van der Waals surface area contributed by atoms with Crippen molar-refractivity contribution in [3.8, 4) is 0 Å². The van der Waals surface area contributed by atoms with Crippen molar-refractivity contribution in [1.82, 2.24) is 9.66 Å². The van der Waals surface area contributed by atoms with Gasteiger partial charge in [-0.1, -0.05) is 44.2 Å². The normalized spacial score (nSPS) is 13.8. The fourth-order valence-corrected chi connectivity index (χ4v) is 2.66. The molecular formula is C17H22N4. The van der Waals surface area contributed by atoms with Gasteiger partial charge >= 0.3 is 0 Å². The second-order valence-electron chi connectivity index (χ2n) is 6.03. The molecule has 0 spiro atoms. The van der Waals surface area contributed by atoms with Crippen LogP contribution in [0.15, 0.2) is 35.3 Å². The lowest BCUT2D eigenvalue weighted by molar-refractivity contribution is 0.601. The van der Waals surface area contributed by atoms with E-state index >= 15 is 0 Å². The number of hydrogen-bond acceptors (Lipinski definition) is 3. The summed E-state index contributed by atoms with van der Waals surface area (Å²) in [5.74, 6) is 2.71. The Morgan fingerprint density at radius 1 is 1.24 bits per heavy atom. The molecule has 0 amide bonds. The number of nitrogens with one attached hydrogen (secondary N) is 1. The summed E-state index contributed by atoms with van der Waals surface area (Å²) in [6.45, 7) is 7.22. The standard InChI is InChI=1S/C17H22N4/c1-12(2)9-17-19-13(3)15-11-18-16(20-21(15)17)10-14-7-5-4-6-8-14/h4-8,12H,9-11H2,1-3H3,(H,18,20). The SMILES string of the molecule is Cc1nc(CC(C)C)n2c1CN=C(Cc1ccccc1)N2. The minimum atomic E-state index is 0.592. The Morgan fingerprint density at radius 3 is 2.71 bits per heavy atom. The molecule has 0 fully saturated rings. The van der Waals surface area contributed by atoms with Crippen molar-refractivity contribution >= 4 is 5.84 Å². The number of rotatable bonds is 4. The van der Waals surface area contributed by atoms with E-state index in [-0.39, 0.29) is 0 Å². The van der Waals surface area contributed by atoms with Gasteiger partial charge in [0.05, 0.1) is 17.9 Å². The van der Waals surface area contributed by atoms with Crippen LogP contribution in [0.4, 0.5) is 0 Å². The Balaban J connectivity index is 1.81. The molecule has 4 heteroatoms. The maximum Gasteiger partial charge on any atom is 0.128 e. The number of hydrogen-bond donors (Lipinski definition) is 1. The predicted molar refractivity (Wildman–Crippen MR) is 86.2 cm³/mol. The Morgan fingerprint density at radius 2 is 2.00 bits per heavy atom. The molecule has 0 saturated carbocycles. The van der Waals surface area contributed by atoms with Crippen molar-refractivity contribution in [3.05, 3.63) is 53.1 Å². The molecule has 1 N–H and O–H groups in total. The number of aryl methyl sites for hydroxylation is 1. The predicted octanol–water partition coefficient (Wildman–Crippen LogP) is 3.09. The van der Waals surface area contributed by atoms with Gasteiger partial charge in [-0.2, -0.15) is 0 Å². The van der Waals surface area contributed by atoms with Crippen molar-refractivity contribution in [1.29, 1.82) is 0 Å². The van der Waals surface area contributed by atoms with Crippen LogP contribution in [0.2, 0.25) is 0 Å². The zero-order chi connectivity index (χ0) is 14.8. The van der Waals surface area contributed by atoms with Crippen molar-refractivity contribution in [2.45, 2.75) is 40.2 Å². The molecule has 1 aliphatic rings. The molecule has 110 valence electrons. The second kappa shape index (κ2) is 5.72. The van der Waals surface area contributed by atoms with Crippen LogP contribution in [-0.4, -0.2) is 15.5 Å². The second-order valence-corrected chi connectivity index (χ2v) is 6.03. The molecule has 0 radical (unpaired) electrons. The van der Waals surface area contributed by atoms with E-state index < -0.39 is 0 Å². The Bertz CT molecular complexity index is 653. The fraction of sp³-hybridized carbons (Fsp3) is 0.412. The van der Waals surface area contributed by atoms with Crippen molar-refractivity contribution < 1.29 is 0 Å². The number of imidazole rings is 1. The van der Waals surface area contributed by atoms with E-state index in [0.29, 0.717) is 12.5 Å². The molecule has 3 rings (SSSR count). The number of aliphatic imine (C=N–C) groups is 1. The molecular weight excluding hydrogens is 260 g/mol. The van der Waals surface area contributed by atoms with Crippen LogP contribution >= 0.6 is 0 Å². The first-order valence-electron chi connectivity index (χ1n) is 7.55. The van der Waals surface area contributed by atoms with E-state index in [1.54, 1.807) is 0 Å². The summed E-state index contributed by atoms with van der Waals surface area (Å²) in [5, 5.41) is 0. The van der Waals surface area contributed by atoms with E-state index in [9.17, 15) is 0 Å². The summed E-state index contributed by atoms with van der Waals surface area (Å²) < 4.78 is 2.14. The van der Waals surface area contributed by atoms with Gasteiger partial charge in [-0.05, 0) is 18.4 Å². The van der Waals surface area contributed by atoms with Gasteiger partial charge in [-0.25, -0.2) is 9.66 Å². The third kappa shape index (κ3) is 2.99. The summed E-state index contributed by atoms with van der Waals surface area (Å²) in [7, 11) is 0. The number of benzene rings is 1. The number of aromatic nitrogens is 2. The zero-order valence-electron chi connectivity index (χ0n) is 12.9. The molecule has 0 unspecified atom stereocenters. The van der Waals surface area contributed by atoms with E-state index in [4.69, 9.17) is 4.98 Å². The Hall–Kier alpha value is -2.10. The van der Waals surface area contributed by atoms with Crippen LogP contribution in [0.1, 0.15) is 36.6 Å². The first-order valence-corrected chi connectivity index (χ1v) is 7.55. The van der Waals surface area contributed by atoms with Gasteiger partial charge in [-0.15, -0.1) is 0 Å². The number of nitrogens with zero attached hydrogens (tertiary/aromatic N) is 3. The number of amidine groups is 1. The van der Waals surface area contributed by atoms with Gasteiger partial charge in [0.1, 0.15) is 11.7 Å². The van der Waals surface area contributed by atoms with E-state index in [2.05, 4.69) is 60.1 Å². The third-order valence-corrected chi connectivity index (χ3v) is 3.71. The smallest absolute Gasteiger partial charge is 0.128 e. The van der Waals surface area contributed by atoms with Crippen LogP contribution in [0.5, 0.6) is 0 Å². The molecule has 2 heterocycles. The van der Waals surface area contributed by atoms with E-state index in [1.165, 1.54) is 11.3 Å². The first kappa shape index (κ1) is 13.9. The molecule has 2 aromatic rings. The maximum atomic E-state index is 4.70. The van der Waals surface area contributed by atoms with Crippen LogP contribution in [0, 0.1) is 12.8 Å². The van der Waals surface area contributed by atoms with E-state index in [0.717, 1.165) is 30.2 Å². The van der Waals surface area contributed by atoms with Gasteiger partial charge in [-0.3, -0.25) is 10.4 Å². The quantitative estimate of drug-likeness (QED) is 0.936. The topological polar surface area (TPSA) is 42.2 Å². The largest absolute Gasteiger partial charge is 0.280 e. The van der Waals surface area contributed by atoms with Crippen molar-refractivity contribution in [2.24, 2.45) is 10.9 Å². The molecule has 0 aliphatic carbocycles. The van der Waals surface area contributed by atoms with Gasteiger partial charge in [0.25, 0.3) is 0 Å². The van der Waals surface area contributed by atoms with Gasteiger partial charge in [0.2, 0.25) is 0 Å². The summed E-state index contributed by atoms with van der Waals surface area (Å²) in [6, 6.07) is 10.4. The van der Waals surface area contributed by atoms with Crippen LogP contribution in [0.25, 0.3) is 0 Å². The lowest BCUT2D eigenvalue weighted by Crippen LogP contribution is -2.31. The highest BCUT2D eigenvalue weighted by Crippen LogP contribution is 2.17. The summed E-state index contributed by atoms with van der Waals surface area (Å²) >= 11 is 0. The molecule has 1 aliphatic heterocycles. The summed E-state index contributed by atoms with van der Waals surface area (Å²) in [4.78, 5) is 9.37. The highest BCUT2D eigenvalue weighted by Gasteiger charge is 2.19. The minimum Gasteiger partial charge on any atom is -0.280 e. The maximum absolute atomic E-state index is 4.70. The van der Waals surface area contributed by atoms with Crippen molar-refractivity contribution in [3.63, 3.8) is 0 Å². The average Bonchev–Trinajstić information content (AvgIpc) is 2.75. The summed E-state index contributed by atoms with van der Waals surface area (Å²) in [6.07, 6.45) is 1.81. The van der Waals surface area contributed by atoms with Crippen LogP contribution in [0.3, 0.4) is 0 Å². The lowest BCUT2D eigenvalue weighted by atomic mass is 10.1. The fourth-order valence-electron chi connectivity index (χ4n) is 2.66. The lowest BCUT2D eigenvalue weighted by Gasteiger charge is -2.20. The molecule has 0 saturated heterocycles. The molecule has 4 nitrogen and oxygen atoms in total. The zero-order valence-corrected chi connectivity index (χ0v) is 12.9. The van der Waals surface area contributed by atoms with Crippen LogP contribution < -0.4 is 5.43 Å². The Kier molecular flexibility index (Phi) is 3.78. The highest BCUT2D eigenvalue weighted by atomic mass is 15.5. The Labute approximate surface area is 125 Å². The molecule has 0 bridgehead atoms. The monoisotopic (exact) mass is 282 g/mol. The van der Waals surface area contributed by atoms with E-state index in [1.807, 2.05) is 6.07 Å². The molecule has 1 aromatic heterocycles. The minimum absolute atomic E-state index is 0.592. The third-order valence-electron chi connectivity index (χ3n) is 3.71. The van der Waals surface area contributed by atoms with Gasteiger partial charge in [0, 0.05) is 12.8 Å². The molecule has 21 heavy (non-hydrogen) atoms.